The van der Waals surface area contributed by atoms with Crippen molar-refractivity contribution in [2.24, 2.45) is 0 Å². The summed E-state index contributed by atoms with van der Waals surface area (Å²) in [6, 6.07) is 6.86. The number of rotatable bonds is 5. The van der Waals surface area contributed by atoms with E-state index in [4.69, 9.17) is 4.42 Å². The number of aromatic nitrogens is 1. The summed E-state index contributed by atoms with van der Waals surface area (Å²) in [6.07, 6.45) is 4.56. The van der Waals surface area contributed by atoms with Crippen LogP contribution in [0.25, 0.3) is 0 Å². The van der Waals surface area contributed by atoms with Gasteiger partial charge in [0, 0.05) is 22.4 Å². The van der Waals surface area contributed by atoms with Crippen LogP contribution in [0.4, 0.5) is 0 Å². The Labute approximate surface area is 145 Å². The van der Waals surface area contributed by atoms with Crippen molar-refractivity contribution in [3.05, 3.63) is 75.0 Å². The van der Waals surface area contributed by atoms with Crippen LogP contribution in [-0.2, 0) is 5.60 Å². The van der Waals surface area contributed by atoms with Gasteiger partial charge in [0.15, 0.2) is 5.60 Å². The summed E-state index contributed by atoms with van der Waals surface area (Å²) in [5.41, 5.74) is -0.338. The predicted molar refractivity (Wildman–Crippen MR) is 90.3 cm³/mol. The van der Waals surface area contributed by atoms with Crippen LogP contribution in [0.3, 0.4) is 0 Å². The molecule has 1 atom stereocenters. The molecule has 118 valence electrons. The van der Waals surface area contributed by atoms with Crippen molar-refractivity contribution in [2.45, 2.75) is 5.60 Å². The fourth-order valence-corrected chi connectivity index (χ4v) is 3.28. The quantitative estimate of drug-likeness (QED) is 0.698. The molecule has 0 aliphatic rings. The standard InChI is InChI=1S/C16H13BrN2O3S/c17-13-6-11(7-18-8-13)15(20)19-10-16(21,12-3-5-23-9-12)14-2-1-4-22-14/h1-9,21H,10H2,(H,19,20). The van der Waals surface area contributed by atoms with E-state index in [2.05, 4.69) is 26.2 Å². The highest BCUT2D eigenvalue weighted by Crippen LogP contribution is 2.31. The summed E-state index contributed by atoms with van der Waals surface area (Å²) in [7, 11) is 0. The molecular weight excluding hydrogens is 380 g/mol. The molecule has 3 rings (SSSR count). The highest BCUT2D eigenvalue weighted by Gasteiger charge is 2.35. The minimum absolute atomic E-state index is 0.0113. The largest absolute Gasteiger partial charge is 0.466 e. The van der Waals surface area contributed by atoms with Crippen LogP contribution in [0.1, 0.15) is 21.7 Å². The summed E-state index contributed by atoms with van der Waals surface area (Å²) in [5.74, 6) is 0.0579. The number of nitrogens with zero attached hydrogens (tertiary/aromatic N) is 1. The van der Waals surface area contributed by atoms with Crippen molar-refractivity contribution in [2.75, 3.05) is 6.54 Å². The minimum Gasteiger partial charge on any atom is -0.466 e. The van der Waals surface area contributed by atoms with Gasteiger partial charge in [-0.2, -0.15) is 11.3 Å². The Morgan fingerprint density at radius 3 is 2.96 bits per heavy atom. The molecule has 5 nitrogen and oxygen atoms in total. The molecule has 1 amide bonds. The van der Waals surface area contributed by atoms with Crippen molar-refractivity contribution in [3.63, 3.8) is 0 Å². The van der Waals surface area contributed by atoms with E-state index in [-0.39, 0.29) is 12.5 Å². The van der Waals surface area contributed by atoms with Gasteiger partial charge in [-0.1, -0.05) is 0 Å². The van der Waals surface area contributed by atoms with E-state index < -0.39 is 5.60 Å². The maximum Gasteiger partial charge on any atom is 0.253 e. The molecular formula is C16H13BrN2O3S. The lowest BCUT2D eigenvalue weighted by molar-refractivity contribution is 0.0528. The lowest BCUT2D eigenvalue weighted by Gasteiger charge is -2.25. The summed E-state index contributed by atoms with van der Waals surface area (Å²) >= 11 is 4.74. The molecule has 7 heteroatoms. The van der Waals surface area contributed by atoms with E-state index in [1.165, 1.54) is 23.8 Å². The molecule has 2 N–H and O–H groups in total. The van der Waals surface area contributed by atoms with Crippen LogP contribution >= 0.6 is 27.3 Å². The number of carbonyl (C=O) groups is 1. The van der Waals surface area contributed by atoms with Crippen molar-refractivity contribution < 1.29 is 14.3 Å². The summed E-state index contributed by atoms with van der Waals surface area (Å²) < 4.78 is 6.08. The summed E-state index contributed by atoms with van der Waals surface area (Å²) in [5, 5.41) is 17.5. The van der Waals surface area contributed by atoms with Crippen molar-refractivity contribution >= 4 is 33.2 Å². The van der Waals surface area contributed by atoms with Gasteiger partial charge in [0.2, 0.25) is 0 Å². The maximum absolute atomic E-state index is 12.3. The average Bonchev–Trinajstić information content (AvgIpc) is 3.25. The normalized spacial score (nSPS) is 13.5. The second-order valence-corrected chi connectivity index (χ2v) is 6.62. The SMILES string of the molecule is O=C(NCC(O)(c1ccsc1)c1ccco1)c1cncc(Br)c1. The van der Waals surface area contributed by atoms with Crippen molar-refractivity contribution in [3.8, 4) is 0 Å². The molecule has 0 aromatic carbocycles. The molecule has 0 saturated heterocycles. The number of carbonyl (C=O) groups excluding carboxylic acids is 1. The van der Waals surface area contributed by atoms with Gasteiger partial charge in [-0.3, -0.25) is 9.78 Å². The third-order valence-corrected chi connectivity index (χ3v) is 4.52. The molecule has 0 aliphatic carbocycles. The molecule has 0 fully saturated rings. The first-order valence-corrected chi connectivity index (χ1v) is 8.51. The molecule has 3 heterocycles. The number of thiophene rings is 1. The Balaban J connectivity index is 1.82. The van der Waals surface area contributed by atoms with Gasteiger partial charge in [-0.15, -0.1) is 0 Å². The third-order valence-electron chi connectivity index (χ3n) is 3.40. The molecule has 0 radical (unpaired) electrons. The second-order valence-electron chi connectivity index (χ2n) is 4.92. The van der Waals surface area contributed by atoms with Gasteiger partial charge in [0.05, 0.1) is 18.4 Å². The van der Waals surface area contributed by atoms with E-state index in [0.717, 1.165) is 0 Å². The van der Waals surface area contributed by atoms with Gasteiger partial charge in [0.1, 0.15) is 5.76 Å². The highest BCUT2D eigenvalue weighted by molar-refractivity contribution is 9.10. The fraction of sp³-hybridized carbons (Fsp3) is 0.125. The fourth-order valence-electron chi connectivity index (χ4n) is 2.19. The Hall–Kier alpha value is -1.96. The Morgan fingerprint density at radius 1 is 1.43 bits per heavy atom. The minimum atomic E-state index is -1.42. The number of hydrogen-bond donors (Lipinski definition) is 2. The second kappa shape index (κ2) is 6.66. The van der Waals surface area contributed by atoms with Gasteiger partial charge >= 0.3 is 0 Å². The molecule has 3 aromatic rings. The lowest BCUT2D eigenvalue weighted by Crippen LogP contribution is -2.41. The lowest BCUT2D eigenvalue weighted by atomic mass is 9.93. The highest BCUT2D eigenvalue weighted by atomic mass is 79.9. The van der Waals surface area contributed by atoms with Crippen molar-refractivity contribution in [1.82, 2.24) is 10.3 Å². The zero-order valence-corrected chi connectivity index (χ0v) is 14.3. The zero-order valence-electron chi connectivity index (χ0n) is 11.9. The molecule has 1 unspecified atom stereocenters. The van der Waals surface area contributed by atoms with Gasteiger partial charge in [0.25, 0.3) is 5.91 Å². The Bertz CT molecular complexity index is 753. The topological polar surface area (TPSA) is 75.4 Å². The molecule has 3 aromatic heterocycles. The number of halogens is 1. The number of aliphatic hydroxyl groups is 1. The maximum atomic E-state index is 12.3. The number of hydrogen-bond acceptors (Lipinski definition) is 5. The van der Waals surface area contributed by atoms with Crippen LogP contribution in [0.15, 0.2) is 62.6 Å². The van der Waals surface area contributed by atoms with Crippen LogP contribution in [0.2, 0.25) is 0 Å². The molecule has 0 aliphatic heterocycles. The first-order chi connectivity index (χ1) is 11.1. The smallest absolute Gasteiger partial charge is 0.253 e. The van der Waals surface area contributed by atoms with E-state index in [0.29, 0.717) is 21.4 Å². The molecule has 23 heavy (non-hydrogen) atoms. The zero-order chi connectivity index (χ0) is 16.3. The Morgan fingerprint density at radius 2 is 2.30 bits per heavy atom. The van der Waals surface area contributed by atoms with Crippen LogP contribution in [0, 0.1) is 0 Å². The average molecular weight is 393 g/mol. The number of amides is 1. The first-order valence-electron chi connectivity index (χ1n) is 6.77. The molecule has 0 bridgehead atoms. The molecule has 0 spiro atoms. The van der Waals surface area contributed by atoms with Gasteiger partial charge in [-0.25, -0.2) is 0 Å². The number of pyridine rings is 1. The van der Waals surface area contributed by atoms with Gasteiger partial charge in [-0.05, 0) is 51.0 Å². The van der Waals surface area contributed by atoms with E-state index in [1.54, 1.807) is 30.5 Å². The van der Waals surface area contributed by atoms with E-state index in [1.807, 2.05) is 10.8 Å². The number of furan rings is 1. The van der Waals surface area contributed by atoms with Crippen molar-refractivity contribution in [1.29, 1.82) is 0 Å². The van der Waals surface area contributed by atoms with E-state index in [9.17, 15) is 9.90 Å². The van der Waals surface area contributed by atoms with Gasteiger partial charge < -0.3 is 14.8 Å². The number of nitrogens with one attached hydrogen (secondary N) is 1. The predicted octanol–water partition coefficient (Wildman–Crippen LogP) is 3.16. The molecule has 0 saturated carbocycles. The first kappa shape index (κ1) is 15.9. The monoisotopic (exact) mass is 392 g/mol. The van der Waals surface area contributed by atoms with E-state index >= 15 is 0 Å². The summed E-state index contributed by atoms with van der Waals surface area (Å²) in [4.78, 5) is 16.2. The van der Waals surface area contributed by atoms with Crippen LogP contribution in [-0.4, -0.2) is 22.5 Å². The third kappa shape index (κ3) is 3.36. The summed E-state index contributed by atoms with van der Waals surface area (Å²) in [6.45, 7) is -0.0113. The van der Waals surface area contributed by atoms with Crippen LogP contribution in [0.5, 0.6) is 0 Å². The van der Waals surface area contributed by atoms with Crippen LogP contribution < -0.4 is 5.32 Å². The Kier molecular flexibility index (Phi) is 4.61.